The van der Waals surface area contributed by atoms with Gasteiger partial charge >= 0.3 is 5.97 Å². The molecule has 0 radical (unpaired) electrons. The monoisotopic (exact) mass is 322 g/mol. The summed E-state index contributed by atoms with van der Waals surface area (Å²) in [5.41, 5.74) is 3.39. The van der Waals surface area contributed by atoms with Crippen LogP contribution in [0.2, 0.25) is 0 Å². The van der Waals surface area contributed by atoms with Gasteiger partial charge in [0, 0.05) is 12.3 Å². The number of fused-ring (bicyclic) bond motifs is 1. The summed E-state index contributed by atoms with van der Waals surface area (Å²) in [5.74, 6) is -0.427. The van der Waals surface area contributed by atoms with Gasteiger partial charge in [-0.2, -0.15) is 0 Å². The van der Waals surface area contributed by atoms with Gasteiger partial charge in [-0.3, -0.25) is 9.20 Å². The highest BCUT2D eigenvalue weighted by Crippen LogP contribution is 2.08. The molecule has 0 amide bonds. The molecule has 0 spiro atoms. The molecular weight excluding hydrogens is 304 g/mol. The van der Waals surface area contributed by atoms with Crippen LogP contribution in [0.5, 0.6) is 0 Å². The highest BCUT2D eigenvalue weighted by Gasteiger charge is 2.09. The van der Waals surface area contributed by atoms with Crippen molar-refractivity contribution in [2.45, 2.75) is 26.9 Å². The first-order valence-electron chi connectivity index (χ1n) is 7.82. The van der Waals surface area contributed by atoms with E-state index in [-0.39, 0.29) is 12.2 Å². The Morgan fingerprint density at radius 3 is 2.62 bits per heavy atom. The number of rotatable bonds is 4. The van der Waals surface area contributed by atoms with Crippen LogP contribution in [-0.2, 0) is 17.8 Å². The Bertz CT molecular complexity index is 943. The van der Waals surface area contributed by atoms with Crippen molar-refractivity contribution in [1.82, 2.24) is 9.38 Å². The normalized spacial score (nSPS) is 10.8. The number of ether oxygens (including phenoxy) is 1. The molecule has 0 unspecified atom stereocenters. The fraction of sp³-hybridized carbons (Fsp3) is 0.211. The van der Waals surface area contributed by atoms with E-state index in [0.717, 1.165) is 17.5 Å². The van der Waals surface area contributed by atoms with Crippen LogP contribution in [0.1, 0.15) is 34.1 Å². The predicted octanol–water partition coefficient (Wildman–Crippen LogP) is 2.92. The molecule has 122 valence electrons. The van der Waals surface area contributed by atoms with E-state index in [2.05, 4.69) is 11.9 Å². The molecule has 0 aliphatic rings. The van der Waals surface area contributed by atoms with E-state index < -0.39 is 5.97 Å². The molecule has 2 heterocycles. The van der Waals surface area contributed by atoms with Gasteiger partial charge in [-0.1, -0.05) is 25.1 Å². The number of hydrogen-bond acceptors (Lipinski definition) is 4. The lowest BCUT2D eigenvalue weighted by Crippen LogP contribution is -2.17. The van der Waals surface area contributed by atoms with Gasteiger partial charge in [0.25, 0.3) is 5.56 Å². The largest absolute Gasteiger partial charge is 0.456 e. The van der Waals surface area contributed by atoms with Crippen molar-refractivity contribution in [1.29, 1.82) is 0 Å². The zero-order valence-corrected chi connectivity index (χ0v) is 13.7. The Kier molecular flexibility index (Phi) is 4.42. The van der Waals surface area contributed by atoms with E-state index in [9.17, 15) is 9.59 Å². The number of carbonyl (C=O) groups is 1. The van der Waals surface area contributed by atoms with Gasteiger partial charge in [0.2, 0.25) is 0 Å². The number of hydrogen-bond donors (Lipinski definition) is 0. The summed E-state index contributed by atoms with van der Waals surface area (Å²) in [7, 11) is 0. The third-order valence-corrected chi connectivity index (χ3v) is 3.81. The maximum absolute atomic E-state index is 12.1. The summed E-state index contributed by atoms with van der Waals surface area (Å²) in [6.07, 6.45) is 2.65. The Morgan fingerprint density at radius 2 is 1.92 bits per heavy atom. The van der Waals surface area contributed by atoms with E-state index in [1.54, 1.807) is 24.4 Å². The van der Waals surface area contributed by atoms with Crippen molar-refractivity contribution in [3.8, 4) is 0 Å². The first kappa shape index (κ1) is 15.9. The lowest BCUT2D eigenvalue weighted by Gasteiger charge is -2.07. The van der Waals surface area contributed by atoms with Crippen LogP contribution in [0.25, 0.3) is 5.65 Å². The van der Waals surface area contributed by atoms with E-state index >= 15 is 0 Å². The number of carbonyl (C=O) groups excluding carboxylic acids is 1. The molecule has 2 aromatic heterocycles. The number of benzene rings is 1. The summed E-state index contributed by atoms with van der Waals surface area (Å²) in [4.78, 5) is 28.6. The van der Waals surface area contributed by atoms with E-state index in [1.807, 2.05) is 25.1 Å². The fourth-order valence-electron chi connectivity index (χ4n) is 2.43. The Balaban J connectivity index is 1.76. The van der Waals surface area contributed by atoms with Crippen LogP contribution < -0.4 is 5.56 Å². The van der Waals surface area contributed by atoms with E-state index in [0.29, 0.717) is 16.9 Å². The van der Waals surface area contributed by atoms with E-state index in [4.69, 9.17) is 4.74 Å². The third kappa shape index (κ3) is 3.35. The molecule has 3 aromatic rings. The van der Waals surface area contributed by atoms with Gasteiger partial charge < -0.3 is 4.74 Å². The Hall–Kier alpha value is -2.95. The number of aromatic nitrogens is 2. The van der Waals surface area contributed by atoms with Crippen molar-refractivity contribution in [3.05, 3.63) is 81.4 Å². The third-order valence-electron chi connectivity index (χ3n) is 3.81. The molecule has 0 N–H and O–H groups in total. The molecule has 0 aliphatic carbocycles. The summed E-state index contributed by atoms with van der Waals surface area (Å²) < 4.78 is 6.74. The molecule has 0 atom stereocenters. The molecule has 5 heteroatoms. The van der Waals surface area contributed by atoms with Gasteiger partial charge in [-0.15, -0.1) is 0 Å². The molecule has 0 bridgehead atoms. The van der Waals surface area contributed by atoms with Crippen molar-refractivity contribution in [2.75, 3.05) is 0 Å². The minimum absolute atomic E-state index is 0.0338. The standard InChI is InChI=1S/C19H18N2O3/c1-3-14-5-7-15(8-6-14)19(23)24-12-16-10-18(22)21-11-13(2)4-9-17(21)20-16/h4-11H,3,12H2,1-2H3. The fourth-order valence-corrected chi connectivity index (χ4v) is 2.43. The molecule has 0 aliphatic heterocycles. The van der Waals surface area contributed by atoms with Crippen LogP contribution in [-0.4, -0.2) is 15.4 Å². The van der Waals surface area contributed by atoms with Gasteiger partial charge in [-0.05, 0) is 42.7 Å². The minimum atomic E-state index is -0.427. The highest BCUT2D eigenvalue weighted by molar-refractivity contribution is 5.89. The average Bonchev–Trinajstić information content (AvgIpc) is 2.60. The molecular formula is C19H18N2O3. The minimum Gasteiger partial charge on any atom is -0.456 e. The second-order valence-electron chi connectivity index (χ2n) is 5.65. The van der Waals surface area contributed by atoms with E-state index in [1.165, 1.54) is 10.5 Å². The number of aryl methyl sites for hydroxylation is 2. The summed E-state index contributed by atoms with van der Waals surface area (Å²) in [6, 6.07) is 12.3. The van der Waals surface area contributed by atoms with Gasteiger partial charge in [0.05, 0.1) is 11.3 Å². The molecule has 1 aromatic carbocycles. The zero-order valence-electron chi connectivity index (χ0n) is 13.7. The van der Waals surface area contributed by atoms with Crippen molar-refractivity contribution in [2.24, 2.45) is 0 Å². The lowest BCUT2D eigenvalue weighted by molar-refractivity contribution is 0.0467. The summed E-state index contributed by atoms with van der Waals surface area (Å²) in [6.45, 7) is 3.93. The maximum Gasteiger partial charge on any atom is 0.338 e. The smallest absolute Gasteiger partial charge is 0.338 e. The average molecular weight is 322 g/mol. The molecule has 0 saturated carbocycles. The first-order chi connectivity index (χ1) is 11.6. The number of nitrogens with zero attached hydrogens (tertiary/aromatic N) is 2. The number of esters is 1. The van der Waals surface area contributed by atoms with Crippen molar-refractivity contribution >= 4 is 11.6 Å². The summed E-state index contributed by atoms with van der Waals surface area (Å²) in [5, 5.41) is 0. The number of pyridine rings is 1. The zero-order chi connectivity index (χ0) is 17.1. The van der Waals surface area contributed by atoms with Crippen molar-refractivity contribution < 1.29 is 9.53 Å². The molecule has 24 heavy (non-hydrogen) atoms. The second kappa shape index (κ2) is 6.66. The van der Waals surface area contributed by atoms with Gasteiger partial charge in [-0.25, -0.2) is 9.78 Å². The molecule has 0 saturated heterocycles. The molecule has 0 fully saturated rings. The lowest BCUT2D eigenvalue weighted by atomic mass is 10.1. The van der Waals surface area contributed by atoms with Crippen LogP contribution in [0.3, 0.4) is 0 Å². The van der Waals surface area contributed by atoms with Gasteiger partial charge in [0.1, 0.15) is 12.3 Å². The van der Waals surface area contributed by atoms with Crippen LogP contribution in [0, 0.1) is 6.92 Å². The summed E-state index contributed by atoms with van der Waals surface area (Å²) >= 11 is 0. The SMILES string of the molecule is CCc1ccc(C(=O)OCc2cc(=O)n3cc(C)ccc3n2)cc1. The van der Waals surface area contributed by atoms with Crippen LogP contribution in [0.4, 0.5) is 0 Å². The second-order valence-corrected chi connectivity index (χ2v) is 5.65. The quantitative estimate of drug-likeness (QED) is 0.693. The Labute approximate surface area is 139 Å². The maximum atomic E-state index is 12.1. The van der Waals surface area contributed by atoms with Crippen molar-refractivity contribution in [3.63, 3.8) is 0 Å². The molecule has 3 rings (SSSR count). The Morgan fingerprint density at radius 1 is 1.17 bits per heavy atom. The van der Waals surface area contributed by atoms with Crippen LogP contribution >= 0.6 is 0 Å². The topological polar surface area (TPSA) is 60.7 Å². The van der Waals surface area contributed by atoms with Gasteiger partial charge in [0.15, 0.2) is 0 Å². The predicted molar refractivity (Wildman–Crippen MR) is 91.1 cm³/mol. The highest BCUT2D eigenvalue weighted by atomic mass is 16.5. The molecule has 5 nitrogen and oxygen atoms in total. The first-order valence-corrected chi connectivity index (χ1v) is 7.82. The van der Waals surface area contributed by atoms with Crippen LogP contribution in [0.15, 0.2) is 53.5 Å².